The van der Waals surface area contributed by atoms with E-state index in [1.807, 2.05) is 25.0 Å². The van der Waals surface area contributed by atoms with E-state index in [1.165, 1.54) is 44.2 Å². The topological polar surface area (TPSA) is 57.5 Å². The molecule has 6 nitrogen and oxygen atoms in total. The number of rotatable bonds is 6. The van der Waals surface area contributed by atoms with E-state index in [-0.39, 0.29) is 0 Å². The van der Waals surface area contributed by atoms with E-state index in [1.54, 1.807) is 0 Å². The second kappa shape index (κ2) is 7.70. The summed E-state index contributed by atoms with van der Waals surface area (Å²) in [4.78, 5) is 6.79. The normalized spacial score (nSPS) is 22.3. The Hall–Kier alpha value is -1.72. The van der Waals surface area contributed by atoms with Gasteiger partial charge in [-0.15, -0.1) is 0 Å². The van der Waals surface area contributed by atoms with Crippen LogP contribution in [0.2, 0.25) is 0 Å². The van der Waals surface area contributed by atoms with E-state index in [0.29, 0.717) is 6.04 Å². The van der Waals surface area contributed by atoms with Gasteiger partial charge in [0, 0.05) is 46.0 Å². The molecule has 1 aromatic rings. The first-order chi connectivity index (χ1) is 11.2. The molecule has 1 atom stereocenters. The number of hydrogen-bond acceptors (Lipinski definition) is 3. The Balaban J connectivity index is 1.43. The fourth-order valence-electron chi connectivity index (χ4n) is 3.29. The van der Waals surface area contributed by atoms with Gasteiger partial charge < -0.3 is 15.5 Å². The molecule has 1 aliphatic heterocycles. The molecule has 2 fully saturated rings. The molecule has 3 rings (SSSR count). The molecule has 0 amide bonds. The van der Waals surface area contributed by atoms with Gasteiger partial charge in [0.05, 0.1) is 11.9 Å². The highest BCUT2D eigenvalue weighted by molar-refractivity contribution is 5.80. The summed E-state index contributed by atoms with van der Waals surface area (Å²) in [5.74, 6) is 1.96. The molecule has 1 aliphatic carbocycles. The quantitative estimate of drug-likeness (QED) is 0.477. The van der Waals surface area contributed by atoms with Crippen LogP contribution in [0.25, 0.3) is 0 Å². The first-order valence-corrected chi connectivity index (χ1v) is 8.95. The van der Waals surface area contributed by atoms with Gasteiger partial charge in [-0.05, 0) is 31.6 Å². The van der Waals surface area contributed by atoms with Crippen molar-refractivity contribution < 1.29 is 0 Å². The lowest BCUT2D eigenvalue weighted by Crippen LogP contribution is -2.51. The van der Waals surface area contributed by atoms with Crippen LogP contribution in [0.15, 0.2) is 17.4 Å². The van der Waals surface area contributed by atoms with Crippen LogP contribution in [-0.4, -0.2) is 48.5 Å². The van der Waals surface area contributed by atoms with E-state index in [9.17, 15) is 0 Å². The third-order valence-electron chi connectivity index (χ3n) is 4.82. The fourth-order valence-corrected chi connectivity index (χ4v) is 3.29. The summed E-state index contributed by atoms with van der Waals surface area (Å²) in [7, 11) is 3.83. The van der Waals surface area contributed by atoms with Crippen LogP contribution >= 0.6 is 0 Å². The van der Waals surface area contributed by atoms with E-state index < -0.39 is 0 Å². The van der Waals surface area contributed by atoms with Gasteiger partial charge in [-0.2, -0.15) is 5.10 Å². The van der Waals surface area contributed by atoms with E-state index >= 15 is 0 Å². The maximum absolute atomic E-state index is 4.38. The standard InChI is InChI=1S/C17H30N6/c1-18-17(19-9-3-5-14-7-8-14)21-15-6-4-10-23(12-15)16-11-20-22(2)13-16/h11,13-15H,3-10,12H2,1-2H3,(H2,18,19,21). The van der Waals surface area contributed by atoms with Crippen molar-refractivity contribution in [1.29, 1.82) is 0 Å². The number of aryl methyl sites for hydroxylation is 1. The van der Waals surface area contributed by atoms with Crippen LogP contribution in [0, 0.1) is 5.92 Å². The number of anilines is 1. The van der Waals surface area contributed by atoms with Gasteiger partial charge in [0.15, 0.2) is 5.96 Å². The summed E-state index contributed by atoms with van der Waals surface area (Å²) in [6, 6.07) is 0.443. The highest BCUT2D eigenvalue weighted by Gasteiger charge is 2.22. The van der Waals surface area contributed by atoms with E-state index in [4.69, 9.17) is 0 Å². The average molecular weight is 318 g/mol. The Morgan fingerprint density at radius 2 is 2.26 bits per heavy atom. The monoisotopic (exact) mass is 318 g/mol. The summed E-state index contributed by atoms with van der Waals surface area (Å²) in [6.45, 7) is 3.14. The zero-order valence-corrected chi connectivity index (χ0v) is 14.5. The minimum Gasteiger partial charge on any atom is -0.367 e. The van der Waals surface area contributed by atoms with Crippen LogP contribution in [0.1, 0.15) is 38.5 Å². The summed E-state index contributed by atoms with van der Waals surface area (Å²) in [5.41, 5.74) is 1.21. The molecule has 1 unspecified atom stereocenters. The number of piperidine rings is 1. The van der Waals surface area contributed by atoms with Gasteiger partial charge in [-0.1, -0.05) is 12.8 Å². The molecule has 1 aromatic heterocycles. The molecule has 0 spiro atoms. The minimum atomic E-state index is 0.443. The lowest BCUT2D eigenvalue weighted by atomic mass is 10.1. The zero-order chi connectivity index (χ0) is 16.1. The van der Waals surface area contributed by atoms with Crippen molar-refractivity contribution in [2.75, 3.05) is 31.6 Å². The Bertz CT molecular complexity index is 519. The van der Waals surface area contributed by atoms with Gasteiger partial charge >= 0.3 is 0 Å². The predicted octanol–water partition coefficient (Wildman–Crippen LogP) is 1.74. The van der Waals surface area contributed by atoms with Crippen molar-refractivity contribution in [2.45, 2.75) is 44.6 Å². The number of hydrogen-bond donors (Lipinski definition) is 2. The number of aliphatic imine (C=N–C) groups is 1. The van der Waals surface area contributed by atoms with Crippen LogP contribution < -0.4 is 15.5 Å². The molecule has 23 heavy (non-hydrogen) atoms. The molecule has 2 aliphatic rings. The Morgan fingerprint density at radius 3 is 2.96 bits per heavy atom. The maximum atomic E-state index is 4.38. The minimum absolute atomic E-state index is 0.443. The second-order valence-corrected chi connectivity index (χ2v) is 6.89. The van der Waals surface area contributed by atoms with Crippen molar-refractivity contribution in [1.82, 2.24) is 20.4 Å². The molecular formula is C17H30N6. The van der Waals surface area contributed by atoms with Crippen molar-refractivity contribution in [3.8, 4) is 0 Å². The van der Waals surface area contributed by atoms with Crippen LogP contribution in [0.3, 0.4) is 0 Å². The highest BCUT2D eigenvalue weighted by atomic mass is 15.3. The molecule has 2 heterocycles. The molecule has 6 heteroatoms. The summed E-state index contributed by atoms with van der Waals surface area (Å²) in [6.07, 6.45) is 11.9. The van der Waals surface area contributed by atoms with Gasteiger partial charge in [-0.3, -0.25) is 9.67 Å². The van der Waals surface area contributed by atoms with Crippen LogP contribution in [-0.2, 0) is 7.05 Å². The molecule has 2 N–H and O–H groups in total. The molecule has 0 bridgehead atoms. The van der Waals surface area contributed by atoms with Gasteiger partial charge in [0.1, 0.15) is 0 Å². The molecule has 1 saturated heterocycles. The van der Waals surface area contributed by atoms with Crippen molar-refractivity contribution in [3.63, 3.8) is 0 Å². The Kier molecular flexibility index (Phi) is 5.41. The van der Waals surface area contributed by atoms with Gasteiger partial charge in [0.25, 0.3) is 0 Å². The number of aromatic nitrogens is 2. The van der Waals surface area contributed by atoms with E-state index in [0.717, 1.165) is 31.5 Å². The third kappa shape index (κ3) is 4.88. The molecular weight excluding hydrogens is 288 g/mol. The van der Waals surface area contributed by atoms with Gasteiger partial charge in [-0.25, -0.2) is 0 Å². The number of guanidine groups is 1. The third-order valence-corrected chi connectivity index (χ3v) is 4.82. The summed E-state index contributed by atoms with van der Waals surface area (Å²) in [5, 5.41) is 11.3. The van der Waals surface area contributed by atoms with Crippen LogP contribution in [0.4, 0.5) is 5.69 Å². The highest BCUT2D eigenvalue weighted by Crippen LogP contribution is 2.33. The number of nitrogens with one attached hydrogen (secondary N) is 2. The Labute approximate surface area is 139 Å². The zero-order valence-electron chi connectivity index (χ0n) is 14.5. The predicted molar refractivity (Wildman–Crippen MR) is 94.9 cm³/mol. The molecule has 1 saturated carbocycles. The first kappa shape index (κ1) is 16.1. The second-order valence-electron chi connectivity index (χ2n) is 6.89. The smallest absolute Gasteiger partial charge is 0.191 e. The SMILES string of the molecule is CN=C(NCCCC1CC1)NC1CCCN(c2cnn(C)c2)C1. The van der Waals surface area contributed by atoms with Crippen molar-refractivity contribution >= 4 is 11.6 Å². The largest absolute Gasteiger partial charge is 0.367 e. The fraction of sp³-hybridized carbons (Fsp3) is 0.765. The molecule has 0 radical (unpaired) electrons. The molecule has 0 aromatic carbocycles. The lowest BCUT2D eigenvalue weighted by Gasteiger charge is -2.34. The lowest BCUT2D eigenvalue weighted by molar-refractivity contribution is 0.467. The van der Waals surface area contributed by atoms with Crippen molar-refractivity contribution in [3.05, 3.63) is 12.4 Å². The van der Waals surface area contributed by atoms with Crippen molar-refractivity contribution in [2.24, 2.45) is 18.0 Å². The maximum Gasteiger partial charge on any atom is 0.191 e. The first-order valence-electron chi connectivity index (χ1n) is 8.95. The van der Waals surface area contributed by atoms with Crippen LogP contribution in [0.5, 0.6) is 0 Å². The summed E-state index contributed by atoms with van der Waals surface area (Å²) < 4.78 is 1.87. The molecule has 128 valence electrons. The average Bonchev–Trinajstić information content (AvgIpc) is 3.29. The number of nitrogens with zero attached hydrogens (tertiary/aromatic N) is 4. The summed E-state index contributed by atoms with van der Waals surface area (Å²) >= 11 is 0. The Morgan fingerprint density at radius 1 is 1.39 bits per heavy atom. The van der Waals surface area contributed by atoms with E-state index in [2.05, 4.69) is 31.8 Å². The van der Waals surface area contributed by atoms with Gasteiger partial charge in [0.2, 0.25) is 0 Å².